The summed E-state index contributed by atoms with van der Waals surface area (Å²) in [7, 11) is 0. The Bertz CT molecular complexity index is 1350. The van der Waals surface area contributed by atoms with Crippen LogP contribution in [0.15, 0.2) is 83.9 Å². The number of hydrogen-bond donors (Lipinski definition) is 1. The predicted molar refractivity (Wildman–Crippen MR) is 114 cm³/mol. The lowest BCUT2D eigenvalue weighted by Gasteiger charge is -2.10. The lowest BCUT2D eigenvalue weighted by molar-refractivity contribution is 0.102. The van der Waals surface area contributed by atoms with Gasteiger partial charge in [0, 0.05) is 29.2 Å². The highest BCUT2D eigenvalue weighted by Gasteiger charge is 2.14. The molecule has 0 aliphatic heterocycles. The van der Waals surface area contributed by atoms with Crippen LogP contribution < -0.4 is 5.32 Å². The van der Waals surface area contributed by atoms with Crippen molar-refractivity contribution in [3.8, 4) is 17.1 Å². The van der Waals surface area contributed by atoms with Gasteiger partial charge in [-0.3, -0.25) is 9.78 Å². The summed E-state index contributed by atoms with van der Waals surface area (Å²) in [4.78, 5) is 21.3. The van der Waals surface area contributed by atoms with Crippen LogP contribution in [0.1, 0.15) is 21.8 Å². The topological polar surface area (TPSA) is 125 Å². The third-order valence-electron chi connectivity index (χ3n) is 4.74. The maximum atomic E-state index is 12.9. The number of aromatic nitrogens is 7. The molecule has 0 atom stereocenters. The van der Waals surface area contributed by atoms with Gasteiger partial charge in [-0.15, -0.1) is 5.10 Å². The molecule has 32 heavy (non-hydrogen) atoms. The second-order valence-electron chi connectivity index (χ2n) is 6.84. The summed E-state index contributed by atoms with van der Waals surface area (Å²) in [6.07, 6.45) is 5.19. The molecule has 1 amide bonds. The highest BCUT2D eigenvalue weighted by atomic mass is 16.5. The molecule has 5 rings (SSSR count). The van der Waals surface area contributed by atoms with Gasteiger partial charge < -0.3 is 9.84 Å². The Morgan fingerprint density at radius 2 is 1.91 bits per heavy atom. The zero-order chi connectivity index (χ0) is 21.8. The van der Waals surface area contributed by atoms with E-state index in [1.165, 1.54) is 11.0 Å². The number of rotatable bonds is 6. The Morgan fingerprint density at radius 3 is 2.75 bits per heavy atom. The Balaban J connectivity index is 1.35. The standard InChI is InChI=1S/C22H16N8O2/c31-22(17-5-3-6-18(12-17)30-14-24-28-29-30)25-19-7-2-1-4-16(19)13-20-26-21(27-32-20)15-8-10-23-11-9-15/h1-12,14H,13H2,(H,25,31). The van der Waals surface area contributed by atoms with Gasteiger partial charge in [-0.25, -0.2) is 4.68 Å². The largest absolute Gasteiger partial charge is 0.339 e. The number of tetrazole rings is 1. The third kappa shape index (κ3) is 4.10. The molecule has 1 N–H and O–H groups in total. The first kappa shape index (κ1) is 19.2. The molecular formula is C22H16N8O2. The van der Waals surface area contributed by atoms with Crippen LogP contribution >= 0.6 is 0 Å². The van der Waals surface area contributed by atoms with Crippen molar-refractivity contribution >= 4 is 11.6 Å². The molecule has 0 aliphatic carbocycles. The average Bonchev–Trinajstić information content (AvgIpc) is 3.54. The lowest BCUT2D eigenvalue weighted by atomic mass is 10.1. The molecule has 0 fully saturated rings. The second-order valence-corrected chi connectivity index (χ2v) is 6.84. The van der Waals surface area contributed by atoms with Crippen LogP contribution in [0.25, 0.3) is 17.1 Å². The molecule has 0 bridgehead atoms. The van der Waals surface area contributed by atoms with Crippen molar-refractivity contribution in [2.45, 2.75) is 6.42 Å². The zero-order valence-corrected chi connectivity index (χ0v) is 16.7. The van der Waals surface area contributed by atoms with Gasteiger partial charge in [0.25, 0.3) is 5.91 Å². The van der Waals surface area contributed by atoms with Crippen LogP contribution in [-0.2, 0) is 6.42 Å². The number of nitrogens with zero attached hydrogens (tertiary/aromatic N) is 7. The van der Waals surface area contributed by atoms with Crippen molar-refractivity contribution in [1.82, 2.24) is 35.3 Å². The van der Waals surface area contributed by atoms with Crippen molar-refractivity contribution in [1.29, 1.82) is 0 Å². The minimum Gasteiger partial charge on any atom is -0.339 e. The van der Waals surface area contributed by atoms with Gasteiger partial charge >= 0.3 is 0 Å². The Morgan fingerprint density at radius 1 is 1.03 bits per heavy atom. The third-order valence-corrected chi connectivity index (χ3v) is 4.74. The first-order chi connectivity index (χ1) is 15.8. The van der Waals surface area contributed by atoms with Crippen LogP contribution in [0.5, 0.6) is 0 Å². The Labute approximate surface area is 181 Å². The Hall–Kier alpha value is -4.73. The second kappa shape index (κ2) is 8.56. The molecule has 0 saturated carbocycles. The van der Waals surface area contributed by atoms with Crippen molar-refractivity contribution in [2.75, 3.05) is 5.32 Å². The van der Waals surface area contributed by atoms with Gasteiger partial charge in [-0.05, 0) is 52.4 Å². The van der Waals surface area contributed by atoms with E-state index in [0.717, 1.165) is 11.1 Å². The monoisotopic (exact) mass is 424 g/mol. The number of hydrogen-bond acceptors (Lipinski definition) is 8. The van der Waals surface area contributed by atoms with Crippen molar-refractivity contribution in [3.05, 3.63) is 96.4 Å². The zero-order valence-electron chi connectivity index (χ0n) is 16.7. The summed E-state index contributed by atoms with van der Waals surface area (Å²) in [6.45, 7) is 0. The summed E-state index contributed by atoms with van der Waals surface area (Å²) in [5, 5.41) is 18.1. The summed E-state index contributed by atoms with van der Waals surface area (Å²) >= 11 is 0. The summed E-state index contributed by atoms with van der Waals surface area (Å²) in [5.41, 5.74) is 3.49. The molecule has 0 radical (unpaired) electrons. The van der Waals surface area contributed by atoms with Crippen molar-refractivity contribution in [3.63, 3.8) is 0 Å². The van der Waals surface area contributed by atoms with E-state index in [2.05, 4.69) is 36.0 Å². The molecule has 0 saturated heterocycles. The van der Waals surface area contributed by atoms with E-state index < -0.39 is 0 Å². The first-order valence-electron chi connectivity index (χ1n) is 9.72. The van der Waals surface area contributed by atoms with Crippen LogP contribution in [-0.4, -0.2) is 41.2 Å². The fourth-order valence-corrected chi connectivity index (χ4v) is 3.17. The predicted octanol–water partition coefficient (Wildman–Crippen LogP) is 2.95. The lowest BCUT2D eigenvalue weighted by Crippen LogP contribution is -2.14. The maximum absolute atomic E-state index is 12.9. The minimum atomic E-state index is -0.254. The number of para-hydroxylation sites is 1. The fourth-order valence-electron chi connectivity index (χ4n) is 3.17. The molecule has 0 spiro atoms. The number of carbonyl (C=O) groups is 1. The van der Waals surface area contributed by atoms with Gasteiger partial charge in [0.15, 0.2) is 0 Å². The number of amides is 1. The van der Waals surface area contributed by atoms with Crippen molar-refractivity contribution in [2.24, 2.45) is 0 Å². The molecule has 3 heterocycles. The van der Waals surface area contributed by atoms with Gasteiger partial charge in [0.1, 0.15) is 6.33 Å². The molecule has 2 aromatic carbocycles. The molecule has 0 aliphatic rings. The summed E-state index contributed by atoms with van der Waals surface area (Å²) in [5.74, 6) is 0.679. The fraction of sp³-hybridized carbons (Fsp3) is 0.0455. The number of anilines is 1. The van der Waals surface area contributed by atoms with Crippen molar-refractivity contribution < 1.29 is 9.32 Å². The van der Waals surface area contributed by atoms with E-state index in [4.69, 9.17) is 4.52 Å². The van der Waals surface area contributed by atoms with E-state index in [1.54, 1.807) is 30.6 Å². The van der Waals surface area contributed by atoms with E-state index >= 15 is 0 Å². The van der Waals surface area contributed by atoms with Crippen LogP contribution in [0.3, 0.4) is 0 Å². The van der Waals surface area contributed by atoms with Crippen LogP contribution in [0.2, 0.25) is 0 Å². The molecule has 3 aromatic heterocycles. The van der Waals surface area contributed by atoms with E-state index in [-0.39, 0.29) is 5.91 Å². The molecule has 10 heteroatoms. The molecule has 10 nitrogen and oxygen atoms in total. The smallest absolute Gasteiger partial charge is 0.255 e. The Kier molecular flexibility index (Phi) is 5.15. The van der Waals surface area contributed by atoms with E-state index in [1.807, 2.05) is 42.5 Å². The molecule has 156 valence electrons. The number of carbonyl (C=O) groups excluding carboxylic acids is 1. The van der Waals surface area contributed by atoms with Gasteiger partial charge in [0.2, 0.25) is 11.7 Å². The summed E-state index contributed by atoms with van der Waals surface area (Å²) < 4.78 is 6.90. The SMILES string of the molecule is O=C(Nc1ccccc1Cc1nc(-c2ccncc2)no1)c1cccc(-n2cnnn2)c1. The highest BCUT2D eigenvalue weighted by Crippen LogP contribution is 2.22. The van der Waals surface area contributed by atoms with E-state index in [0.29, 0.717) is 35.1 Å². The van der Waals surface area contributed by atoms with Gasteiger partial charge in [-0.1, -0.05) is 29.4 Å². The first-order valence-corrected chi connectivity index (χ1v) is 9.72. The molecular weight excluding hydrogens is 408 g/mol. The van der Waals surface area contributed by atoms with Crippen LogP contribution in [0.4, 0.5) is 5.69 Å². The van der Waals surface area contributed by atoms with Gasteiger partial charge in [0.05, 0.1) is 12.1 Å². The maximum Gasteiger partial charge on any atom is 0.255 e. The number of pyridine rings is 1. The summed E-state index contributed by atoms with van der Waals surface area (Å²) in [6, 6.07) is 18.1. The molecule has 0 unspecified atom stereocenters. The van der Waals surface area contributed by atoms with E-state index in [9.17, 15) is 4.79 Å². The molecule has 5 aromatic rings. The normalized spacial score (nSPS) is 10.8. The average molecular weight is 424 g/mol. The van der Waals surface area contributed by atoms with Crippen LogP contribution in [0, 0.1) is 0 Å². The minimum absolute atomic E-state index is 0.254. The van der Waals surface area contributed by atoms with Gasteiger partial charge in [-0.2, -0.15) is 4.98 Å². The number of benzene rings is 2. The number of nitrogens with one attached hydrogen (secondary N) is 1. The highest BCUT2D eigenvalue weighted by molar-refractivity contribution is 6.05. The quantitative estimate of drug-likeness (QED) is 0.441.